The van der Waals surface area contributed by atoms with Crippen LogP contribution >= 0.6 is 11.8 Å². The molecule has 0 amide bonds. The van der Waals surface area contributed by atoms with E-state index in [9.17, 15) is 4.39 Å². The van der Waals surface area contributed by atoms with E-state index in [4.69, 9.17) is 0 Å². The van der Waals surface area contributed by atoms with Crippen LogP contribution in [0.2, 0.25) is 0 Å². The Kier molecular flexibility index (Phi) is 3.55. The van der Waals surface area contributed by atoms with Gasteiger partial charge in [0.15, 0.2) is 0 Å². The monoisotopic (exact) mass is 277 g/mol. The van der Waals surface area contributed by atoms with Crippen LogP contribution in [0.1, 0.15) is 13.3 Å². The summed E-state index contributed by atoms with van der Waals surface area (Å²) in [5, 5.41) is 0.807. The fourth-order valence-corrected chi connectivity index (χ4v) is 3.51. The van der Waals surface area contributed by atoms with Crippen LogP contribution in [0.5, 0.6) is 0 Å². The van der Waals surface area contributed by atoms with Crippen LogP contribution in [0.25, 0.3) is 10.9 Å². The number of anilines is 1. The Morgan fingerprint density at radius 2 is 2.21 bits per heavy atom. The maximum Gasteiger partial charge on any atom is 0.149 e. The summed E-state index contributed by atoms with van der Waals surface area (Å²) in [5.41, 5.74) is 0.414. The number of nitrogens with zero attached hydrogens (tertiary/aromatic N) is 3. The average Bonchev–Trinajstić information content (AvgIpc) is 2.63. The minimum absolute atomic E-state index is 0.280. The Bertz CT molecular complexity index is 590. The van der Waals surface area contributed by atoms with Gasteiger partial charge in [0.05, 0.1) is 0 Å². The molecule has 0 radical (unpaired) electrons. The first-order valence-corrected chi connectivity index (χ1v) is 7.66. The van der Waals surface area contributed by atoms with Crippen LogP contribution in [-0.4, -0.2) is 34.1 Å². The Labute approximate surface area is 116 Å². The van der Waals surface area contributed by atoms with E-state index in [0.29, 0.717) is 11.6 Å². The van der Waals surface area contributed by atoms with Crippen LogP contribution in [-0.2, 0) is 0 Å². The van der Waals surface area contributed by atoms with Gasteiger partial charge in [0, 0.05) is 23.7 Å². The van der Waals surface area contributed by atoms with Crippen molar-refractivity contribution < 1.29 is 4.39 Å². The number of para-hydroxylation sites is 1. The van der Waals surface area contributed by atoms with Gasteiger partial charge in [-0.15, -0.1) is 0 Å². The minimum Gasteiger partial charge on any atom is -0.352 e. The zero-order valence-corrected chi connectivity index (χ0v) is 11.7. The van der Waals surface area contributed by atoms with E-state index in [1.807, 2.05) is 17.8 Å². The highest BCUT2D eigenvalue weighted by molar-refractivity contribution is 7.99. The lowest BCUT2D eigenvalue weighted by Crippen LogP contribution is -2.34. The van der Waals surface area contributed by atoms with Gasteiger partial charge < -0.3 is 4.90 Å². The van der Waals surface area contributed by atoms with Crippen molar-refractivity contribution in [2.75, 3.05) is 23.0 Å². The zero-order chi connectivity index (χ0) is 13.2. The van der Waals surface area contributed by atoms with Crippen molar-refractivity contribution in [1.29, 1.82) is 0 Å². The first-order valence-electron chi connectivity index (χ1n) is 6.51. The van der Waals surface area contributed by atoms with E-state index in [-0.39, 0.29) is 5.82 Å². The van der Waals surface area contributed by atoms with Gasteiger partial charge in [0.25, 0.3) is 0 Å². The van der Waals surface area contributed by atoms with Crippen molar-refractivity contribution in [2.45, 2.75) is 19.4 Å². The fraction of sp³-hybridized carbons (Fsp3) is 0.429. The number of halogens is 1. The lowest BCUT2D eigenvalue weighted by Gasteiger charge is -2.28. The molecule has 3 nitrogen and oxygen atoms in total. The van der Waals surface area contributed by atoms with E-state index < -0.39 is 0 Å². The normalized spacial score (nSPS) is 20.5. The Morgan fingerprint density at radius 1 is 1.32 bits per heavy atom. The number of fused-ring (bicyclic) bond motifs is 1. The van der Waals surface area contributed by atoms with Gasteiger partial charge in [0.1, 0.15) is 23.5 Å². The molecule has 5 heteroatoms. The molecule has 1 aromatic carbocycles. The topological polar surface area (TPSA) is 29.0 Å². The average molecular weight is 277 g/mol. The van der Waals surface area contributed by atoms with E-state index >= 15 is 0 Å². The molecule has 0 spiro atoms. The van der Waals surface area contributed by atoms with Gasteiger partial charge >= 0.3 is 0 Å². The molecule has 1 aromatic heterocycles. The first-order chi connectivity index (χ1) is 9.27. The molecular formula is C14H16FN3S. The quantitative estimate of drug-likeness (QED) is 0.801. The molecule has 0 bridgehead atoms. The van der Waals surface area contributed by atoms with Crippen molar-refractivity contribution in [1.82, 2.24) is 9.97 Å². The summed E-state index contributed by atoms with van der Waals surface area (Å²) in [6.07, 6.45) is 2.59. The van der Waals surface area contributed by atoms with Crippen molar-refractivity contribution in [2.24, 2.45) is 0 Å². The standard InChI is InChI=1S/C14H16FN3S/c1-10-5-7-19-8-6-18(10)14-11-3-2-4-12(15)13(11)16-9-17-14/h2-4,9-10H,5-8H2,1H3. The van der Waals surface area contributed by atoms with Crippen LogP contribution in [0.15, 0.2) is 24.5 Å². The summed E-state index contributed by atoms with van der Waals surface area (Å²) in [7, 11) is 0. The summed E-state index contributed by atoms with van der Waals surface area (Å²) in [5.74, 6) is 2.85. The molecule has 1 saturated heterocycles. The lowest BCUT2D eigenvalue weighted by molar-refractivity contribution is 0.632. The minimum atomic E-state index is -0.280. The predicted molar refractivity (Wildman–Crippen MR) is 78.2 cm³/mol. The Hall–Kier alpha value is -1.36. The maximum absolute atomic E-state index is 13.8. The highest BCUT2D eigenvalue weighted by atomic mass is 32.2. The molecule has 1 fully saturated rings. The summed E-state index contributed by atoms with van der Waals surface area (Å²) in [6, 6.07) is 5.50. The number of benzene rings is 1. The van der Waals surface area contributed by atoms with Gasteiger partial charge in [0.2, 0.25) is 0 Å². The second kappa shape index (κ2) is 5.33. The summed E-state index contributed by atoms with van der Waals surface area (Å²) in [6.45, 7) is 3.16. The number of aromatic nitrogens is 2. The smallest absolute Gasteiger partial charge is 0.149 e. The second-order valence-corrected chi connectivity index (χ2v) is 6.00. The van der Waals surface area contributed by atoms with E-state index in [1.54, 1.807) is 6.07 Å². The third-order valence-electron chi connectivity index (χ3n) is 3.56. The molecule has 0 aliphatic carbocycles. The molecule has 3 rings (SSSR count). The summed E-state index contributed by atoms with van der Waals surface area (Å²) < 4.78 is 13.8. The van der Waals surface area contributed by atoms with Gasteiger partial charge in [-0.2, -0.15) is 11.8 Å². The Balaban J connectivity index is 2.11. The second-order valence-electron chi connectivity index (χ2n) is 4.78. The molecule has 1 atom stereocenters. The fourth-order valence-electron chi connectivity index (χ4n) is 2.48. The van der Waals surface area contributed by atoms with Gasteiger partial charge in [-0.3, -0.25) is 0 Å². The number of hydrogen-bond acceptors (Lipinski definition) is 4. The van der Waals surface area contributed by atoms with Crippen molar-refractivity contribution in [3.8, 4) is 0 Å². The molecule has 0 N–H and O–H groups in total. The molecular weight excluding hydrogens is 261 g/mol. The molecule has 100 valence electrons. The maximum atomic E-state index is 13.8. The molecule has 2 aromatic rings. The van der Waals surface area contributed by atoms with E-state index in [1.165, 1.54) is 18.1 Å². The predicted octanol–water partition coefficient (Wildman–Crippen LogP) is 3.10. The molecule has 0 saturated carbocycles. The SMILES string of the molecule is CC1CCSCCN1c1ncnc2c(F)cccc12. The van der Waals surface area contributed by atoms with Crippen LogP contribution in [0.3, 0.4) is 0 Å². The van der Waals surface area contributed by atoms with Gasteiger partial charge in [-0.1, -0.05) is 6.07 Å². The summed E-state index contributed by atoms with van der Waals surface area (Å²) >= 11 is 1.97. The van der Waals surface area contributed by atoms with Crippen LogP contribution in [0.4, 0.5) is 10.2 Å². The van der Waals surface area contributed by atoms with Gasteiger partial charge in [-0.25, -0.2) is 14.4 Å². The van der Waals surface area contributed by atoms with Crippen molar-refractivity contribution >= 4 is 28.5 Å². The largest absolute Gasteiger partial charge is 0.352 e. The highest BCUT2D eigenvalue weighted by Crippen LogP contribution is 2.28. The van der Waals surface area contributed by atoms with Gasteiger partial charge in [-0.05, 0) is 31.2 Å². The highest BCUT2D eigenvalue weighted by Gasteiger charge is 2.21. The number of hydrogen-bond donors (Lipinski definition) is 0. The molecule has 19 heavy (non-hydrogen) atoms. The molecule has 1 aliphatic heterocycles. The molecule has 1 unspecified atom stereocenters. The van der Waals surface area contributed by atoms with Crippen LogP contribution < -0.4 is 4.90 Å². The van der Waals surface area contributed by atoms with Crippen molar-refractivity contribution in [3.05, 3.63) is 30.3 Å². The first kappa shape index (κ1) is 12.7. The summed E-state index contributed by atoms with van der Waals surface area (Å²) in [4.78, 5) is 10.8. The van der Waals surface area contributed by atoms with Crippen molar-refractivity contribution in [3.63, 3.8) is 0 Å². The lowest BCUT2D eigenvalue weighted by atomic mass is 10.1. The number of rotatable bonds is 1. The Morgan fingerprint density at radius 3 is 3.11 bits per heavy atom. The van der Waals surface area contributed by atoms with Crippen LogP contribution in [0, 0.1) is 5.82 Å². The molecule has 1 aliphatic rings. The zero-order valence-electron chi connectivity index (χ0n) is 10.8. The van der Waals surface area contributed by atoms with E-state index in [0.717, 1.165) is 29.9 Å². The third-order valence-corrected chi connectivity index (χ3v) is 4.55. The van der Waals surface area contributed by atoms with E-state index in [2.05, 4.69) is 21.8 Å². The third kappa shape index (κ3) is 2.39. The number of thioether (sulfide) groups is 1. The molecule has 2 heterocycles.